The van der Waals surface area contributed by atoms with Crippen LogP contribution in [-0.4, -0.2) is 50.5 Å². The number of aryl methyl sites for hydroxylation is 1. The van der Waals surface area contributed by atoms with Crippen LogP contribution in [0.2, 0.25) is 0 Å². The van der Waals surface area contributed by atoms with Crippen LogP contribution >= 0.6 is 24.0 Å². The Morgan fingerprint density at radius 2 is 1.86 bits per heavy atom. The summed E-state index contributed by atoms with van der Waals surface area (Å²) < 4.78 is 0. The smallest absolute Gasteiger partial charge is 0.195 e. The number of halogens is 1. The van der Waals surface area contributed by atoms with Crippen molar-refractivity contribution in [3.05, 3.63) is 35.4 Å². The normalized spacial score (nSPS) is 25.0. The minimum atomic E-state index is 0. The van der Waals surface area contributed by atoms with E-state index in [1.165, 1.54) is 19.3 Å². The largest absolute Gasteiger partial charge is 0.349 e. The van der Waals surface area contributed by atoms with Gasteiger partial charge in [-0.15, -0.1) is 24.0 Å². The van der Waals surface area contributed by atoms with Gasteiger partial charge in [-0.05, 0) is 36.3 Å². The highest BCUT2D eigenvalue weighted by Crippen LogP contribution is 2.61. The molecule has 3 rings (SSSR count). The molecule has 2 aliphatic rings. The average molecular weight is 399 g/mol. The second-order valence-electron chi connectivity index (χ2n) is 6.64. The molecule has 0 bridgehead atoms. The number of nitrogens with zero attached hydrogens (tertiary/aromatic N) is 3. The first-order chi connectivity index (χ1) is 9.54. The summed E-state index contributed by atoms with van der Waals surface area (Å²) in [6.45, 7) is 0.958. The van der Waals surface area contributed by atoms with Crippen molar-refractivity contribution >= 4 is 29.9 Å². The molecule has 116 valence electrons. The lowest BCUT2D eigenvalue weighted by molar-refractivity contribution is 0.476. The van der Waals surface area contributed by atoms with Crippen LogP contribution in [0.4, 0.5) is 0 Å². The lowest BCUT2D eigenvalue weighted by Gasteiger charge is -2.22. The fourth-order valence-electron chi connectivity index (χ4n) is 3.85. The van der Waals surface area contributed by atoms with E-state index in [4.69, 9.17) is 4.99 Å². The minimum absolute atomic E-state index is 0. The van der Waals surface area contributed by atoms with E-state index in [9.17, 15) is 0 Å². The Balaban J connectivity index is 0.00000161. The quantitative estimate of drug-likeness (QED) is 0.433. The van der Waals surface area contributed by atoms with Crippen LogP contribution in [0, 0.1) is 5.92 Å². The van der Waals surface area contributed by atoms with Gasteiger partial charge in [0.1, 0.15) is 0 Å². The third-order valence-electron chi connectivity index (χ3n) is 4.88. The molecular weight excluding hydrogens is 373 g/mol. The number of aliphatic imine (C=N–C) groups is 1. The van der Waals surface area contributed by atoms with Gasteiger partial charge in [-0.3, -0.25) is 4.99 Å². The molecule has 1 spiro atoms. The van der Waals surface area contributed by atoms with Crippen molar-refractivity contribution in [2.24, 2.45) is 10.9 Å². The lowest BCUT2D eigenvalue weighted by atomic mass is 9.95. The minimum Gasteiger partial charge on any atom is -0.349 e. The Morgan fingerprint density at radius 1 is 1.19 bits per heavy atom. The van der Waals surface area contributed by atoms with Crippen molar-refractivity contribution < 1.29 is 0 Å². The Bertz CT molecular complexity index is 529. The molecule has 3 nitrogen and oxygen atoms in total. The topological polar surface area (TPSA) is 18.8 Å². The first-order valence-corrected chi connectivity index (χ1v) is 7.52. The van der Waals surface area contributed by atoms with E-state index in [0.29, 0.717) is 5.41 Å². The summed E-state index contributed by atoms with van der Waals surface area (Å²) in [7, 11) is 8.25. The summed E-state index contributed by atoms with van der Waals surface area (Å²) in [6, 6.07) is 9.00. The summed E-state index contributed by atoms with van der Waals surface area (Å²) in [5, 5.41) is 0. The molecule has 21 heavy (non-hydrogen) atoms. The SMILES string of the molecule is CN(C)C(=NCC1CC12CCc1ccccc12)N(C)C.I. The molecule has 0 amide bonds. The van der Waals surface area contributed by atoms with Crippen LogP contribution < -0.4 is 0 Å². The molecule has 2 aliphatic carbocycles. The zero-order valence-corrected chi connectivity index (χ0v) is 15.8. The molecule has 2 unspecified atom stereocenters. The van der Waals surface area contributed by atoms with Crippen LogP contribution in [0.25, 0.3) is 0 Å². The molecular formula is C17H26IN3. The Kier molecular flexibility index (Phi) is 4.85. The maximum atomic E-state index is 4.85. The fraction of sp³-hybridized carbons (Fsp3) is 0.588. The second kappa shape index (κ2) is 6.15. The molecule has 0 heterocycles. The predicted molar refractivity (Wildman–Crippen MR) is 99.6 cm³/mol. The van der Waals surface area contributed by atoms with Gasteiger partial charge in [-0.25, -0.2) is 0 Å². The van der Waals surface area contributed by atoms with Gasteiger partial charge in [-0.1, -0.05) is 24.3 Å². The van der Waals surface area contributed by atoms with E-state index in [1.807, 2.05) is 0 Å². The van der Waals surface area contributed by atoms with Crippen molar-refractivity contribution in [2.75, 3.05) is 34.7 Å². The van der Waals surface area contributed by atoms with Gasteiger partial charge in [0.05, 0.1) is 0 Å². The van der Waals surface area contributed by atoms with E-state index in [-0.39, 0.29) is 24.0 Å². The van der Waals surface area contributed by atoms with Gasteiger partial charge in [0, 0.05) is 40.2 Å². The first kappa shape index (κ1) is 16.6. The van der Waals surface area contributed by atoms with Crippen molar-refractivity contribution in [2.45, 2.75) is 24.7 Å². The lowest BCUT2D eigenvalue weighted by Crippen LogP contribution is -2.35. The van der Waals surface area contributed by atoms with Crippen molar-refractivity contribution in [1.82, 2.24) is 9.80 Å². The second-order valence-corrected chi connectivity index (χ2v) is 6.64. The van der Waals surface area contributed by atoms with Gasteiger partial charge >= 0.3 is 0 Å². The maximum absolute atomic E-state index is 4.85. The van der Waals surface area contributed by atoms with Crippen LogP contribution in [-0.2, 0) is 11.8 Å². The fourth-order valence-corrected chi connectivity index (χ4v) is 3.85. The summed E-state index contributed by atoms with van der Waals surface area (Å²) >= 11 is 0. The molecule has 2 atom stereocenters. The Hall–Kier alpha value is -0.780. The number of hydrogen-bond acceptors (Lipinski definition) is 1. The molecule has 1 fully saturated rings. The third-order valence-corrected chi connectivity index (χ3v) is 4.88. The molecule has 0 aliphatic heterocycles. The monoisotopic (exact) mass is 399 g/mol. The highest BCUT2D eigenvalue weighted by Gasteiger charge is 2.57. The number of guanidine groups is 1. The van der Waals surface area contributed by atoms with E-state index < -0.39 is 0 Å². The first-order valence-electron chi connectivity index (χ1n) is 7.52. The molecule has 4 heteroatoms. The molecule has 1 aromatic carbocycles. The van der Waals surface area contributed by atoms with Gasteiger partial charge in [-0.2, -0.15) is 0 Å². The third kappa shape index (κ3) is 2.91. The average Bonchev–Trinajstić information content (AvgIpc) is 2.97. The van der Waals surface area contributed by atoms with Gasteiger partial charge in [0.25, 0.3) is 0 Å². The molecule has 1 saturated carbocycles. The molecule has 0 saturated heterocycles. The number of hydrogen-bond donors (Lipinski definition) is 0. The van der Waals surface area contributed by atoms with E-state index in [0.717, 1.165) is 18.4 Å². The highest BCUT2D eigenvalue weighted by atomic mass is 127. The number of benzene rings is 1. The zero-order valence-electron chi connectivity index (χ0n) is 13.5. The highest BCUT2D eigenvalue weighted by molar-refractivity contribution is 14.0. The Labute approximate surface area is 145 Å². The van der Waals surface area contributed by atoms with Crippen LogP contribution in [0.1, 0.15) is 24.0 Å². The van der Waals surface area contributed by atoms with Gasteiger partial charge in [0.2, 0.25) is 0 Å². The van der Waals surface area contributed by atoms with Crippen LogP contribution in [0.5, 0.6) is 0 Å². The van der Waals surface area contributed by atoms with Gasteiger partial charge in [0.15, 0.2) is 5.96 Å². The number of rotatable bonds is 2. The van der Waals surface area contributed by atoms with Gasteiger partial charge < -0.3 is 9.80 Å². The number of fused-ring (bicyclic) bond motifs is 2. The predicted octanol–water partition coefficient (Wildman–Crippen LogP) is 2.99. The molecule has 0 radical (unpaired) electrons. The van der Waals surface area contributed by atoms with Crippen molar-refractivity contribution in [3.63, 3.8) is 0 Å². The summed E-state index contributed by atoms with van der Waals surface area (Å²) in [6.07, 6.45) is 3.90. The van der Waals surface area contributed by atoms with Crippen LogP contribution in [0.15, 0.2) is 29.3 Å². The standard InChI is InChI=1S/C17H25N3.HI/c1-19(2)16(20(3)4)18-12-14-11-17(14)10-9-13-7-5-6-8-15(13)17;/h5-8,14H,9-12H2,1-4H3;1H. The summed E-state index contributed by atoms with van der Waals surface area (Å²) in [5.74, 6) is 1.80. The Morgan fingerprint density at radius 3 is 2.52 bits per heavy atom. The van der Waals surface area contributed by atoms with Crippen molar-refractivity contribution in [3.8, 4) is 0 Å². The molecule has 0 aromatic heterocycles. The zero-order chi connectivity index (χ0) is 14.3. The van der Waals surface area contributed by atoms with E-state index in [1.54, 1.807) is 11.1 Å². The van der Waals surface area contributed by atoms with E-state index in [2.05, 4.69) is 62.3 Å². The van der Waals surface area contributed by atoms with E-state index >= 15 is 0 Å². The molecule has 1 aromatic rings. The summed E-state index contributed by atoms with van der Waals surface area (Å²) in [4.78, 5) is 9.03. The van der Waals surface area contributed by atoms with Crippen LogP contribution in [0.3, 0.4) is 0 Å². The molecule has 0 N–H and O–H groups in total. The maximum Gasteiger partial charge on any atom is 0.195 e. The van der Waals surface area contributed by atoms with Crippen molar-refractivity contribution in [1.29, 1.82) is 0 Å². The summed E-state index contributed by atoms with van der Waals surface area (Å²) in [5.41, 5.74) is 3.64.